The zero-order chi connectivity index (χ0) is 13.5. The predicted molar refractivity (Wildman–Crippen MR) is 84.1 cm³/mol. The molecule has 1 aliphatic rings. The van der Waals surface area contributed by atoms with Crippen LogP contribution in [0.5, 0.6) is 0 Å². The number of furan rings is 1. The summed E-state index contributed by atoms with van der Waals surface area (Å²) in [4.78, 5) is 0. The third-order valence-corrected chi connectivity index (χ3v) is 4.74. The van der Waals surface area contributed by atoms with E-state index in [1.54, 1.807) is 0 Å². The van der Waals surface area contributed by atoms with Gasteiger partial charge in [-0.05, 0) is 24.1 Å². The molecule has 1 heterocycles. The van der Waals surface area contributed by atoms with Gasteiger partial charge in [0.25, 0.3) is 0 Å². The molecule has 1 aromatic heterocycles. The molecule has 3 aromatic rings. The predicted octanol–water partition coefficient (Wildman–Crippen LogP) is 5.49. The summed E-state index contributed by atoms with van der Waals surface area (Å²) in [6.07, 6.45) is 6.25. The number of benzene rings is 2. The Morgan fingerprint density at radius 1 is 1.10 bits per heavy atom. The van der Waals surface area contributed by atoms with Gasteiger partial charge >= 0.3 is 0 Å². The molecule has 1 unspecified atom stereocenters. The standard InChI is InChI=1S/C19H20O/c1-2-5-13-8-10-16-17-11-9-14-6-3-4-7-15(14)19(17)20-18(16)12-13/h3-4,6-7,9,11,13H,2,5,8,10,12H2,1H3. The molecule has 0 N–H and O–H groups in total. The van der Waals surface area contributed by atoms with Crippen LogP contribution in [0.2, 0.25) is 0 Å². The minimum atomic E-state index is 0.819. The highest BCUT2D eigenvalue weighted by molar-refractivity contribution is 6.05. The quantitative estimate of drug-likeness (QED) is 0.596. The fraction of sp³-hybridized carbons (Fsp3) is 0.368. The van der Waals surface area contributed by atoms with E-state index in [0.29, 0.717) is 0 Å². The largest absolute Gasteiger partial charge is 0.460 e. The van der Waals surface area contributed by atoms with Crippen LogP contribution < -0.4 is 0 Å². The van der Waals surface area contributed by atoms with Crippen LogP contribution in [0, 0.1) is 5.92 Å². The summed E-state index contributed by atoms with van der Waals surface area (Å²) < 4.78 is 6.28. The lowest BCUT2D eigenvalue weighted by Crippen LogP contribution is -2.12. The van der Waals surface area contributed by atoms with E-state index in [1.165, 1.54) is 53.2 Å². The second-order valence-electron chi connectivity index (χ2n) is 6.06. The summed E-state index contributed by atoms with van der Waals surface area (Å²) in [6.45, 7) is 2.28. The van der Waals surface area contributed by atoms with Crippen LogP contribution in [-0.2, 0) is 12.8 Å². The van der Waals surface area contributed by atoms with E-state index >= 15 is 0 Å². The number of hydrogen-bond donors (Lipinski definition) is 0. The van der Waals surface area contributed by atoms with Gasteiger partial charge in [0.15, 0.2) is 0 Å². The van der Waals surface area contributed by atoms with Gasteiger partial charge in [-0.2, -0.15) is 0 Å². The average molecular weight is 264 g/mol. The third-order valence-electron chi connectivity index (χ3n) is 4.74. The molecule has 2 aromatic carbocycles. The van der Waals surface area contributed by atoms with Crippen molar-refractivity contribution in [3.05, 3.63) is 47.7 Å². The van der Waals surface area contributed by atoms with Crippen LogP contribution in [0.4, 0.5) is 0 Å². The first kappa shape index (κ1) is 12.0. The maximum Gasteiger partial charge on any atom is 0.142 e. The van der Waals surface area contributed by atoms with Crippen molar-refractivity contribution in [2.45, 2.75) is 39.0 Å². The molecule has 0 bridgehead atoms. The Kier molecular flexibility index (Phi) is 2.80. The van der Waals surface area contributed by atoms with E-state index in [4.69, 9.17) is 4.42 Å². The zero-order valence-electron chi connectivity index (χ0n) is 12.0. The lowest BCUT2D eigenvalue weighted by molar-refractivity contribution is 0.378. The molecule has 4 rings (SSSR count). The van der Waals surface area contributed by atoms with Gasteiger partial charge in [-0.1, -0.05) is 56.2 Å². The highest BCUT2D eigenvalue weighted by Gasteiger charge is 2.24. The van der Waals surface area contributed by atoms with E-state index in [9.17, 15) is 0 Å². The molecule has 0 fully saturated rings. The van der Waals surface area contributed by atoms with E-state index in [1.807, 2.05) is 0 Å². The van der Waals surface area contributed by atoms with Crippen molar-refractivity contribution in [3.8, 4) is 0 Å². The smallest absolute Gasteiger partial charge is 0.142 e. The number of fused-ring (bicyclic) bond motifs is 5. The Morgan fingerprint density at radius 2 is 2.00 bits per heavy atom. The first-order valence-corrected chi connectivity index (χ1v) is 7.79. The lowest BCUT2D eigenvalue weighted by atomic mass is 9.84. The average Bonchev–Trinajstić information content (AvgIpc) is 2.86. The van der Waals surface area contributed by atoms with Crippen LogP contribution in [0.3, 0.4) is 0 Å². The Labute approximate surface area is 119 Å². The molecule has 1 heteroatoms. The molecule has 0 radical (unpaired) electrons. The van der Waals surface area contributed by atoms with Crippen LogP contribution in [0.15, 0.2) is 40.8 Å². The van der Waals surface area contributed by atoms with Gasteiger partial charge in [-0.15, -0.1) is 0 Å². The van der Waals surface area contributed by atoms with Crippen LogP contribution in [0.1, 0.15) is 37.5 Å². The fourth-order valence-corrected chi connectivity index (χ4v) is 3.73. The van der Waals surface area contributed by atoms with Crippen molar-refractivity contribution in [3.63, 3.8) is 0 Å². The molecule has 20 heavy (non-hydrogen) atoms. The molecule has 0 saturated carbocycles. The second kappa shape index (κ2) is 4.66. The van der Waals surface area contributed by atoms with E-state index in [2.05, 4.69) is 43.3 Å². The Bertz CT molecular complexity index is 766. The van der Waals surface area contributed by atoms with Gasteiger partial charge < -0.3 is 4.42 Å². The van der Waals surface area contributed by atoms with Gasteiger partial charge in [-0.3, -0.25) is 0 Å². The summed E-state index contributed by atoms with van der Waals surface area (Å²) >= 11 is 0. The number of hydrogen-bond acceptors (Lipinski definition) is 1. The first-order valence-electron chi connectivity index (χ1n) is 7.79. The summed E-state index contributed by atoms with van der Waals surface area (Å²) in [6, 6.07) is 13.0. The molecule has 0 aliphatic heterocycles. The lowest BCUT2D eigenvalue weighted by Gasteiger charge is -2.20. The third kappa shape index (κ3) is 1.76. The molecular weight excluding hydrogens is 244 g/mol. The maximum atomic E-state index is 6.28. The van der Waals surface area contributed by atoms with Crippen molar-refractivity contribution < 1.29 is 4.42 Å². The highest BCUT2D eigenvalue weighted by Crippen LogP contribution is 2.38. The van der Waals surface area contributed by atoms with E-state index < -0.39 is 0 Å². The minimum absolute atomic E-state index is 0.819. The van der Waals surface area contributed by atoms with Crippen molar-refractivity contribution in [2.75, 3.05) is 0 Å². The van der Waals surface area contributed by atoms with Gasteiger partial charge in [-0.25, -0.2) is 0 Å². The number of rotatable bonds is 2. The van der Waals surface area contributed by atoms with Gasteiger partial charge in [0.05, 0.1) is 0 Å². The van der Waals surface area contributed by atoms with E-state index in [-0.39, 0.29) is 0 Å². The maximum absolute atomic E-state index is 6.28. The Morgan fingerprint density at radius 3 is 2.90 bits per heavy atom. The molecule has 1 aliphatic carbocycles. The monoisotopic (exact) mass is 264 g/mol. The van der Waals surface area contributed by atoms with E-state index in [0.717, 1.165) is 17.9 Å². The summed E-state index contributed by atoms with van der Waals surface area (Å²) in [7, 11) is 0. The summed E-state index contributed by atoms with van der Waals surface area (Å²) in [5.41, 5.74) is 2.57. The van der Waals surface area contributed by atoms with Gasteiger partial charge in [0.2, 0.25) is 0 Å². The van der Waals surface area contributed by atoms with Crippen molar-refractivity contribution in [1.82, 2.24) is 0 Å². The van der Waals surface area contributed by atoms with Crippen LogP contribution in [0.25, 0.3) is 21.7 Å². The molecule has 1 nitrogen and oxygen atoms in total. The molecule has 102 valence electrons. The first-order chi connectivity index (χ1) is 9.86. The van der Waals surface area contributed by atoms with Crippen LogP contribution in [-0.4, -0.2) is 0 Å². The zero-order valence-corrected chi connectivity index (χ0v) is 12.0. The van der Waals surface area contributed by atoms with Crippen LogP contribution >= 0.6 is 0 Å². The molecule has 1 atom stereocenters. The van der Waals surface area contributed by atoms with Crippen molar-refractivity contribution >= 4 is 21.7 Å². The Hall–Kier alpha value is -1.76. The van der Waals surface area contributed by atoms with Gasteiger partial charge in [0.1, 0.15) is 11.3 Å². The van der Waals surface area contributed by atoms with Crippen molar-refractivity contribution in [1.29, 1.82) is 0 Å². The second-order valence-corrected chi connectivity index (χ2v) is 6.06. The van der Waals surface area contributed by atoms with Crippen molar-refractivity contribution in [2.24, 2.45) is 5.92 Å². The highest BCUT2D eigenvalue weighted by atomic mass is 16.3. The molecular formula is C19H20O. The topological polar surface area (TPSA) is 13.1 Å². The summed E-state index contributed by atoms with van der Waals surface area (Å²) in [5, 5.41) is 3.87. The molecule has 0 saturated heterocycles. The normalized spacial score (nSPS) is 18.6. The summed E-state index contributed by atoms with van der Waals surface area (Å²) in [5.74, 6) is 2.07. The Balaban J connectivity index is 1.89. The fourth-order valence-electron chi connectivity index (χ4n) is 3.73. The number of aryl methyl sites for hydroxylation is 1. The van der Waals surface area contributed by atoms with Gasteiger partial charge in [0, 0.05) is 22.8 Å². The molecule has 0 amide bonds. The SMILES string of the molecule is CCCC1CCc2c(oc3c2ccc2ccccc23)C1. The molecule has 0 spiro atoms. The minimum Gasteiger partial charge on any atom is -0.460 e.